The molecule has 1 aliphatic heterocycles. The van der Waals surface area contributed by atoms with E-state index in [1.807, 2.05) is 18.2 Å². The molecule has 0 aliphatic carbocycles. The molecule has 0 atom stereocenters. The minimum Gasteiger partial charge on any atom is -0.330 e. The van der Waals surface area contributed by atoms with Gasteiger partial charge in [0, 0.05) is 19.4 Å². The molecule has 19 heavy (non-hydrogen) atoms. The molecular formula is C14H19N3O2. The fourth-order valence-electron chi connectivity index (χ4n) is 2.38. The van der Waals surface area contributed by atoms with Crippen molar-refractivity contribution in [2.75, 3.05) is 18.0 Å². The minimum absolute atomic E-state index is 0.141. The lowest BCUT2D eigenvalue weighted by molar-refractivity contribution is -0.126. The zero-order valence-corrected chi connectivity index (χ0v) is 10.9. The Hall–Kier alpha value is -1.72. The molecule has 0 saturated heterocycles. The Balaban J connectivity index is 2.33. The highest BCUT2D eigenvalue weighted by Gasteiger charge is 2.28. The molecule has 0 radical (unpaired) electrons. The minimum atomic E-state index is -0.222. The van der Waals surface area contributed by atoms with Gasteiger partial charge < -0.3 is 11.5 Å². The summed E-state index contributed by atoms with van der Waals surface area (Å²) in [5, 5.41) is 0. The van der Waals surface area contributed by atoms with Crippen molar-refractivity contribution in [3.8, 4) is 0 Å². The predicted molar refractivity (Wildman–Crippen MR) is 73.7 cm³/mol. The van der Waals surface area contributed by atoms with Crippen LogP contribution in [-0.4, -0.2) is 24.9 Å². The Morgan fingerprint density at radius 3 is 2.68 bits per heavy atom. The van der Waals surface area contributed by atoms with Gasteiger partial charge in [-0.25, -0.2) is 0 Å². The fourth-order valence-corrected chi connectivity index (χ4v) is 2.38. The number of nitrogens with zero attached hydrogens (tertiary/aromatic N) is 1. The van der Waals surface area contributed by atoms with Crippen molar-refractivity contribution in [3.63, 3.8) is 0 Å². The molecule has 0 unspecified atom stereocenters. The fraction of sp³-hybridized carbons (Fsp3) is 0.429. The first kappa shape index (κ1) is 13.7. The lowest BCUT2D eigenvalue weighted by Gasteiger charge is -2.28. The van der Waals surface area contributed by atoms with E-state index >= 15 is 0 Å². The number of nitrogens with two attached hydrogens (primary N) is 2. The zero-order chi connectivity index (χ0) is 13.8. The van der Waals surface area contributed by atoms with E-state index < -0.39 is 0 Å². The summed E-state index contributed by atoms with van der Waals surface area (Å²) >= 11 is 0. The first-order chi connectivity index (χ1) is 9.17. The van der Waals surface area contributed by atoms with Crippen molar-refractivity contribution in [2.24, 2.45) is 11.5 Å². The molecule has 2 rings (SSSR count). The molecule has 1 aromatic rings. The molecular weight excluding hydrogens is 242 g/mol. The van der Waals surface area contributed by atoms with Crippen LogP contribution < -0.4 is 16.4 Å². The first-order valence-electron chi connectivity index (χ1n) is 6.55. The highest BCUT2D eigenvalue weighted by Crippen LogP contribution is 2.29. The van der Waals surface area contributed by atoms with Gasteiger partial charge in [0.1, 0.15) is 0 Å². The largest absolute Gasteiger partial charge is 0.330 e. The Kier molecular flexibility index (Phi) is 4.29. The van der Waals surface area contributed by atoms with Crippen LogP contribution >= 0.6 is 0 Å². The highest BCUT2D eigenvalue weighted by molar-refractivity contribution is 6.16. The molecule has 1 heterocycles. The van der Waals surface area contributed by atoms with Crippen LogP contribution in [0.25, 0.3) is 0 Å². The van der Waals surface area contributed by atoms with E-state index in [1.165, 1.54) is 4.90 Å². The van der Waals surface area contributed by atoms with Crippen molar-refractivity contribution >= 4 is 17.5 Å². The molecule has 1 aromatic carbocycles. The molecule has 0 saturated carbocycles. The average Bonchev–Trinajstić information content (AvgIpc) is 2.39. The third-order valence-corrected chi connectivity index (χ3v) is 3.28. The van der Waals surface area contributed by atoms with E-state index in [-0.39, 0.29) is 24.8 Å². The van der Waals surface area contributed by atoms with Gasteiger partial charge >= 0.3 is 0 Å². The standard InChI is InChI=1S/C14H19N3O2/c15-7-5-10-1-3-12-11(9-10)2-4-13(18)17(12)14(19)6-8-16/h1,3,9H,2,4-8,15-16H2. The van der Waals surface area contributed by atoms with E-state index in [2.05, 4.69) is 0 Å². The van der Waals surface area contributed by atoms with E-state index in [0.717, 1.165) is 17.5 Å². The van der Waals surface area contributed by atoms with Gasteiger partial charge in [0.25, 0.3) is 0 Å². The summed E-state index contributed by atoms with van der Waals surface area (Å²) in [6.07, 6.45) is 2.04. The van der Waals surface area contributed by atoms with Gasteiger partial charge in [0.2, 0.25) is 11.8 Å². The molecule has 2 amide bonds. The first-order valence-corrected chi connectivity index (χ1v) is 6.55. The van der Waals surface area contributed by atoms with Crippen molar-refractivity contribution in [1.82, 2.24) is 0 Å². The Morgan fingerprint density at radius 1 is 1.21 bits per heavy atom. The Labute approximate surface area is 112 Å². The summed E-state index contributed by atoms with van der Waals surface area (Å²) in [5.41, 5.74) is 13.8. The number of carbonyl (C=O) groups is 2. The van der Waals surface area contributed by atoms with E-state index in [1.54, 1.807) is 0 Å². The molecule has 5 nitrogen and oxygen atoms in total. The summed E-state index contributed by atoms with van der Waals surface area (Å²) in [5.74, 6) is -0.363. The summed E-state index contributed by atoms with van der Waals surface area (Å²) in [6.45, 7) is 0.844. The molecule has 5 heteroatoms. The molecule has 0 fully saturated rings. The summed E-state index contributed by atoms with van der Waals surface area (Å²) in [7, 11) is 0. The summed E-state index contributed by atoms with van der Waals surface area (Å²) < 4.78 is 0. The van der Waals surface area contributed by atoms with Crippen LogP contribution in [0.4, 0.5) is 5.69 Å². The second-order valence-electron chi connectivity index (χ2n) is 4.66. The van der Waals surface area contributed by atoms with Crippen LogP contribution in [0.15, 0.2) is 18.2 Å². The lowest BCUT2D eigenvalue weighted by Crippen LogP contribution is -2.41. The van der Waals surface area contributed by atoms with Crippen LogP contribution in [0, 0.1) is 0 Å². The zero-order valence-electron chi connectivity index (χ0n) is 10.9. The maximum Gasteiger partial charge on any atom is 0.235 e. The van der Waals surface area contributed by atoms with Crippen molar-refractivity contribution in [3.05, 3.63) is 29.3 Å². The molecule has 0 spiro atoms. The maximum absolute atomic E-state index is 12.0. The number of hydrogen-bond donors (Lipinski definition) is 2. The number of anilines is 1. The van der Waals surface area contributed by atoms with Gasteiger partial charge in [0.05, 0.1) is 5.69 Å². The predicted octanol–water partition coefficient (Wildman–Crippen LogP) is 0.342. The van der Waals surface area contributed by atoms with Gasteiger partial charge in [-0.1, -0.05) is 12.1 Å². The number of fused-ring (bicyclic) bond motifs is 1. The number of carbonyl (C=O) groups excluding carboxylic acids is 2. The maximum atomic E-state index is 12.0. The summed E-state index contributed by atoms with van der Waals surface area (Å²) in [6, 6.07) is 5.80. The Morgan fingerprint density at radius 2 is 2.00 bits per heavy atom. The number of imide groups is 1. The monoisotopic (exact) mass is 261 g/mol. The number of hydrogen-bond acceptors (Lipinski definition) is 4. The second-order valence-corrected chi connectivity index (χ2v) is 4.66. The van der Waals surface area contributed by atoms with Crippen LogP contribution in [0.1, 0.15) is 24.0 Å². The number of benzene rings is 1. The van der Waals surface area contributed by atoms with Gasteiger partial charge in [-0.3, -0.25) is 14.5 Å². The molecule has 0 aromatic heterocycles. The molecule has 1 aliphatic rings. The average molecular weight is 261 g/mol. The quantitative estimate of drug-likeness (QED) is 0.818. The molecule has 0 bridgehead atoms. The normalized spacial score (nSPS) is 14.4. The number of amides is 2. The van der Waals surface area contributed by atoms with Crippen LogP contribution in [0.3, 0.4) is 0 Å². The summed E-state index contributed by atoms with van der Waals surface area (Å²) in [4.78, 5) is 25.2. The van der Waals surface area contributed by atoms with Crippen LogP contribution in [-0.2, 0) is 22.4 Å². The van der Waals surface area contributed by atoms with E-state index in [9.17, 15) is 9.59 Å². The third-order valence-electron chi connectivity index (χ3n) is 3.28. The molecule has 4 N–H and O–H groups in total. The Bertz CT molecular complexity index is 499. The van der Waals surface area contributed by atoms with Crippen molar-refractivity contribution in [2.45, 2.75) is 25.7 Å². The highest BCUT2D eigenvalue weighted by atomic mass is 16.2. The van der Waals surface area contributed by atoms with Gasteiger partial charge in [-0.05, 0) is 36.6 Å². The van der Waals surface area contributed by atoms with Crippen LogP contribution in [0.5, 0.6) is 0 Å². The molecule has 102 valence electrons. The topological polar surface area (TPSA) is 89.4 Å². The number of aryl methyl sites for hydroxylation is 1. The van der Waals surface area contributed by atoms with Crippen molar-refractivity contribution < 1.29 is 9.59 Å². The second kappa shape index (κ2) is 5.95. The third kappa shape index (κ3) is 2.83. The van der Waals surface area contributed by atoms with Crippen LogP contribution in [0.2, 0.25) is 0 Å². The SMILES string of the molecule is NCCC(=O)N1C(=O)CCc2cc(CCN)ccc21. The van der Waals surface area contributed by atoms with Gasteiger partial charge in [-0.2, -0.15) is 0 Å². The van der Waals surface area contributed by atoms with E-state index in [0.29, 0.717) is 25.1 Å². The lowest BCUT2D eigenvalue weighted by atomic mass is 9.97. The van der Waals surface area contributed by atoms with Gasteiger partial charge in [0.15, 0.2) is 0 Å². The van der Waals surface area contributed by atoms with E-state index in [4.69, 9.17) is 11.5 Å². The smallest absolute Gasteiger partial charge is 0.235 e. The van der Waals surface area contributed by atoms with Crippen molar-refractivity contribution in [1.29, 1.82) is 0 Å². The number of rotatable bonds is 4. The van der Waals surface area contributed by atoms with Gasteiger partial charge in [-0.15, -0.1) is 0 Å².